The molecule has 0 aliphatic heterocycles. The van der Waals surface area contributed by atoms with Crippen molar-refractivity contribution in [3.63, 3.8) is 0 Å². The van der Waals surface area contributed by atoms with E-state index < -0.39 is 39.3 Å². The van der Waals surface area contributed by atoms with E-state index >= 15 is 0 Å². The van der Waals surface area contributed by atoms with Gasteiger partial charge in [0.15, 0.2) is 0 Å². The molecule has 3 aliphatic carbocycles. The smallest absolute Gasteiger partial charge is 0.237 e. The monoisotopic (exact) mass is 713 g/mol. The van der Waals surface area contributed by atoms with Crippen molar-refractivity contribution < 1.29 is 33.0 Å². The predicted molar refractivity (Wildman–Crippen MR) is 191 cm³/mol. The summed E-state index contributed by atoms with van der Waals surface area (Å²) in [5.41, 5.74) is 3.06. The number of hydrogen-bond donors (Lipinski definition) is 4. The highest BCUT2D eigenvalue weighted by molar-refractivity contribution is 7.89. The van der Waals surface area contributed by atoms with Crippen molar-refractivity contribution in [3.8, 4) is 0 Å². The Balaban J connectivity index is 1.82. The number of carbonyl (C=O) groups is 3. The van der Waals surface area contributed by atoms with Crippen LogP contribution in [0.15, 0.2) is 0 Å². The number of amides is 3. The molecule has 12 nitrogen and oxygen atoms in total. The molecule has 3 fully saturated rings. The minimum atomic E-state index is -3.74. The van der Waals surface area contributed by atoms with Crippen molar-refractivity contribution in [2.24, 2.45) is 23.7 Å². The van der Waals surface area contributed by atoms with Gasteiger partial charge in [-0.15, -0.1) is 0 Å². The van der Waals surface area contributed by atoms with E-state index in [0.29, 0.717) is 38.9 Å². The second-order valence-electron chi connectivity index (χ2n) is 15.2. The maximum Gasteiger partial charge on any atom is 0.237 e. The zero-order valence-electron chi connectivity index (χ0n) is 30.9. The van der Waals surface area contributed by atoms with Crippen molar-refractivity contribution in [3.05, 3.63) is 0 Å². The number of hydrazine groups is 1. The lowest BCUT2D eigenvalue weighted by Crippen LogP contribution is -2.55. The van der Waals surface area contributed by atoms with Crippen LogP contribution in [0.1, 0.15) is 124 Å². The summed E-state index contributed by atoms with van der Waals surface area (Å²) in [7, 11) is -0.766. The highest BCUT2D eigenvalue weighted by atomic mass is 32.2. The summed E-state index contributed by atoms with van der Waals surface area (Å²) >= 11 is 0. The first kappa shape index (κ1) is 41.6. The van der Waals surface area contributed by atoms with E-state index in [-0.39, 0.29) is 61.5 Å². The van der Waals surface area contributed by atoms with Gasteiger partial charge in [-0.2, -0.15) is 0 Å². The van der Waals surface area contributed by atoms with Crippen LogP contribution in [0.2, 0.25) is 0 Å². The van der Waals surface area contributed by atoms with Gasteiger partial charge in [0.1, 0.15) is 0 Å². The number of nitrogens with zero attached hydrogens (tertiary/aromatic N) is 3. The van der Waals surface area contributed by atoms with Gasteiger partial charge in [-0.25, -0.2) is 17.7 Å². The summed E-state index contributed by atoms with van der Waals surface area (Å²) in [5, 5.41) is 25.9. The first-order valence-corrected chi connectivity index (χ1v) is 20.7. The summed E-state index contributed by atoms with van der Waals surface area (Å²) in [6.07, 6.45) is 9.91. The highest BCUT2D eigenvalue weighted by Crippen LogP contribution is 2.36. The van der Waals surface area contributed by atoms with Crippen LogP contribution in [0.5, 0.6) is 0 Å². The molecule has 49 heavy (non-hydrogen) atoms. The number of aliphatic hydroxyl groups is 2. The molecule has 284 valence electrons. The van der Waals surface area contributed by atoms with Crippen LogP contribution < -0.4 is 10.7 Å². The van der Waals surface area contributed by atoms with E-state index in [0.717, 1.165) is 64.2 Å². The molecule has 3 rings (SSSR count). The fourth-order valence-corrected chi connectivity index (χ4v) is 9.68. The van der Waals surface area contributed by atoms with Gasteiger partial charge in [-0.3, -0.25) is 19.8 Å². The fourth-order valence-electron chi connectivity index (χ4n) is 8.13. The molecule has 0 radical (unpaired) electrons. The number of nitrogens with one attached hydrogen (secondary N) is 2. The molecule has 4 N–H and O–H groups in total. The number of hydrogen-bond acceptors (Lipinski definition) is 8. The molecule has 0 saturated heterocycles. The normalized spacial score (nSPS) is 26.7. The molecule has 5 atom stereocenters. The summed E-state index contributed by atoms with van der Waals surface area (Å²) < 4.78 is 28.0. The molecule has 3 saturated carbocycles. The van der Waals surface area contributed by atoms with Crippen LogP contribution >= 0.6 is 0 Å². The number of carbonyl (C=O) groups excluding carboxylic acids is 3. The third-order valence-corrected chi connectivity index (χ3v) is 13.2. The largest absolute Gasteiger partial charge is 0.393 e. The van der Waals surface area contributed by atoms with Crippen LogP contribution in [0.25, 0.3) is 0 Å². The first-order valence-electron chi connectivity index (χ1n) is 19.2. The lowest BCUT2D eigenvalue weighted by molar-refractivity contribution is -0.139. The third kappa shape index (κ3) is 12.4. The molecule has 0 bridgehead atoms. The van der Waals surface area contributed by atoms with Crippen molar-refractivity contribution in [2.45, 2.75) is 147 Å². The average molecular weight is 714 g/mol. The Hall–Kier alpha value is -1.80. The maximum atomic E-state index is 14.2. The summed E-state index contributed by atoms with van der Waals surface area (Å²) in [6.45, 7) is 7.89. The fraction of sp³-hybridized carbons (Fsp3) is 0.917. The summed E-state index contributed by atoms with van der Waals surface area (Å²) in [4.78, 5) is 42.9. The quantitative estimate of drug-likeness (QED) is 0.157. The molecule has 3 aliphatic rings. The average Bonchev–Trinajstić information content (AvgIpc) is 3.08. The van der Waals surface area contributed by atoms with E-state index in [2.05, 4.69) is 10.7 Å². The zero-order valence-corrected chi connectivity index (χ0v) is 31.8. The van der Waals surface area contributed by atoms with Gasteiger partial charge < -0.3 is 20.4 Å². The van der Waals surface area contributed by atoms with Crippen LogP contribution in [0.3, 0.4) is 0 Å². The third-order valence-electron chi connectivity index (χ3n) is 11.0. The highest BCUT2D eigenvalue weighted by Gasteiger charge is 2.44. The molecule has 0 aromatic carbocycles. The number of rotatable bonds is 18. The molecule has 0 aromatic rings. The standard InChI is InChI=1S/C36H67N5O7S/c1-6-18-40(19-7-2)36(46)29-22-28(23-31(24-29)49(47,48)39(4)5)34(44)37-32(21-26-14-16-30(42)17-15-26)33(43)25-41(20-8-3)38-35(45)27-12-10-9-11-13-27/h26-33,42-43H,6-25H2,1-5H3,(H,37,44)(H,38,45). The molecule has 0 aromatic heterocycles. The van der Waals surface area contributed by atoms with Gasteiger partial charge in [-0.05, 0) is 89.4 Å². The molecule has 3 amide bonds. The Bertz CT molecular complexity index is 1130. The van der Waals surface area contributed by atoms with E-state index in [1.165, 1.54) is 18.4 Å². The lowest BCUT2D eigenvalue weighted by Gasteiger charge is -2.38. The van der Waals surface area contributed by atoms with Crippen molar-refractivity contribution in [2.75, 3.05) is 40.3 Å². The van der Waals surface area contributed by atoms with Gasteiger partial charge in [-0.1, -0.05) is 40.0 Å². The van der Waals surface area contributed by atoms with Crippen molar-refractivity contribution >= 4 is 27.7 Å². The van der Waals surface area contributed by atoms with Crippen LogP contribution in [-0.2, 0) is 24.4 Å². The van der Waals surface area contributed by atoms with E-state index in [4.69, 9.17) is 0 Å². The first-order chi connectivity index (χ1) is 23.3. The second kappa shape index (κ2) is 20.3. The van der Waals surface area contributed by atoms with Crippen molar-refractivity contribution in [1.82, 2.24) is 25.0 Å². The molecule has 5 unspecified atom stereocenters. The van der Waals surface area contributed by atoms with Crippen LogP contribution in [-0.4, -0.2) is 114 Å². The summed E-state index contributed by atoms with van der Waals surface area (Å²) in [5.74, 6) is -1.61. The minimum absolute atomic E-state index is 0.0200. The van der Waals surface area contributed by atoms with Crippen LogP contribution in [0, 0.1) is 23.7 Å². The number of aliphatic hydroxyl groups excluding tert-OH is 2. The van der Waals surface area contributed by atoms with Crippen LogP contribution in [0.4, 0.5) is 0 Å². The van der Waals surface area contributed by atoms with Gasteiger partial charge in [0, 0.05) is 58.0 Å². The Labute approximate surface area is 296 Å². The Kier molecular flexibility index (Phi) is 17.2. The topological polar surface area (TPSA) is 160 Å². The SMILES string of the molecule is CCCN(CC(O)C(CC1CCC(O)CC1)NC(=O)C1CC(C(=O)N(CCC)CCC)CC(S(=O)(=O)N(C)C)C1)NC(=O)C1CCCCC1. The van der Waals surface area contributed by atoms with Crippen molar-refractivity contribution in [1.29, 1.82) is 0 Å². The Morgan fingerprint density at radius 1 is 0.776 bits per heavy atom. The predicted octanol–water partition coefficient (Wildman–Crippen LogP) is 3.42. The van der Waals surface area contributed by atoms with Gasteiger partial charge in [0.05, 0.1) is 23.5 Å². The zero-order chi connectivity index (χ0) is 36.1. The Morgan fingerprint density at radius 2 is 1.37 bits per heavy atom. The second-order valence-corrected chi connectivity index (χ2v) is 17.7. The molecule has 0 heterocycles. The molecule has 0 spiro atoms. The van der Waals surface area contributed by atoms with Gasteiger partial charge in [0.25, 0.3) is 0 Å². The summed E-state index contributed by atoms with van der Waals surface area (Å²) in [6, 6.07) is -0.643. The molecular formula is C36H67N5O7S. The Morgan fingerprint density at radius 3 is 1.94 bits per heavy atom. The van der Waals surface area contributed by atoms with E-state index in [1.807, 2.05) is 20.8 Å². The molecular weight excluding hydrogens is 646 g/mol. The lowest BCUT2D eigenvalue weighted by atomic mass is 9.79. The van der Waals surface area contributed by atoms with Gasteiger partial charge in [0.2, 0.25) is 27.7 Å². The minimum Gasteiger partial charge on any atom is -0.393 e. The molecule has 13 heteroatoms. The maximum absolute atomic E-state index is 14.2. The van der Waals surface area contributed by atoms with E-state index in [1.54, 1.807) is 9.91 Å². The van der Waals surface area contributed by atoms with Gasteiger partial charge >= 0.3 is 0 Å². The van der Waals surface area contributed by atoms with E-state index in [9.17, 15) is 33.0 Å². The number of sulfonamides is 1.